The van der Waals surface area contributed by atoms with Crippen molar-refractivity contribution < 1.29 is 5.11 Å². The molecular weight excluding hydrogens is 347 g/mol. The summed E-state index contributed by atoms with van der Waals surface area (Å²) in [5.74, 6) is 0.519. The van der Waals surface area contributed by atoms with Crippen LogP contribution in [0.15, 0.2) is 42.5 Å². The average molecular weight is 366 g/mol. The molecule has 0 aliphatic heterocycles. The zero-order chi connectivity index (χ0) is 14.0. The standard InChI is InChI=1S/C17H19IO/c1-11(2)13-7-9-14(10-8-13)17(19)15-6-4-5-12(3)16(15)18/h4-11,17,19H,1-3H3. The Kier molecular flexibility index (Phi) is 4.63. The number of rotatable bonds is 3. The molecule has 2 aromatic rings. The Bertz CT molecular complexity index is 558. The van der Waals surface area contributed by atoms with E-state index in [-0.39, 0.29) is 0 Å². The Balaban J connectivity index is 2.33. The van der Waals surface area contributed by atoms with Gasteiger partial charge in [-0.3, -0.25) is 0 Å². The van der Waals surface area contributed by atoms with E-state index in [0.29, 0.717) is 5.92 Å². The van der Waals surface area contributed by atoms with Gasteiger partial charge in [0.05, 0.1) is 0 Å². The van der Waals surface area contributed by atoms with Gasteiger partial charge in [-0.2, -0.15) is 0 Å². The summed E-state index contributed by atoms with van der Waals surface area (Å²) in [6.45, 7) is 6.42. The average Bonchev–Trinajstić information content (AvgIpc) is 2.41. The highest BCUT2D eigenvalue weighted by molar-refractivity contribution is 14.1. The van der Waals surface area contributed by atoms with Crippen LogP contribution in [0.2, 0.25) is 0 Å². The molecule has 1 atom stereocenters. The smallest absolute Gasteiger partial charge is 0.105 e. The van der Waals surface area contributed by atoms with E-state index in [2.05, 4.69) is 61.6 Å². The first-order chi connectivity index (χ1) is 9.00. The van der Waals surface area contributed by atoms with Crippen LogP contribution >= 0.6 is 22.6 Å². The summed E-state index contributed by atoms with van der Waals surface area (Å²) < 4.78 is 1.14. The lowest BCUT2D eigenvalue weighted by Gasteiger charge is -2.15. The fourth-order valence-electron chi connectivity index (χ4n) is 2.12. The second-order valence-electron chi connectivity index (χ2n) is 5.20. The van der Waals surface area contributed by atoms with Crippen LogP contribution in [0, 0.1) is 10.5 Å². The summed E-state index contributed by atoms with van der Waals surface area (Å²) in [7, 11) is 0. The minimum atomic E-state index is -0.548. The van der Waals surface area contributed by atoms with Gasteiger partial charge >= 0.3 is 0 Å². The number of hydrogen-bond acceptors (Lipinski definition) is 1. The van der Waals surface area contributed by atoms with E-state index < -0.39 is 6.10 Å². The lowest BCUT2D eigenvalue weighted by molar-refractivity contribution is 0.219. The largest absolute Gasteiger partial charge is 0.384 e. The minimum absolute atomic E-state index is 0.519. The summed E-state index contributed by atoms with van der Waals surface area (Å²) in [4.78, 5) is 0. The molecule has 0 aliphatic rings. The molecule has 0 bridgehead atoms. The molecule has 2 rings (SSSR count). The molecule has 0 aromatic heterocycles. The Morgan fingerprint density at radius 3 is 2.11 bits per heavy atom. The molecule has 2 aromatic carbocycles. The Morgan fingerprint density at radius 1 is 0.947 bits per heavy atom. The Morgan fingerprint density at radius 2 is 1.53 bits per heavy atom. The van der Waals surface area contributed by atoms with Crippen LogP contribution in [0.1, 0.15) is 48.1 Å². The molecule has 0 fully saturated rings. The normalized spacial score (nSPS) is 12.7. The van der Waals surface area contributed by atoms with Crippen LogP contribution in [0.3, 0.4) is 0 Å². The highest BCUT2D eigenvalue weighted by Gasteiger charge is 2.14. The molecule has 1 nitrogen and oxygen atoms in total. The van der Waals surface area contributed by atoms with E-state index >= 15 is 0 Å². The Hall–Kier alpha value is -0.870. The third kappa shape index (κ3) is 3.18. The van der Waals surface area contributed by atoms with Crippen LogP contribution in [-0.4, -0.2) is 5.11 Å². The van der Waals surface area contributed by atoms with Crippen molar-refractivity contribution in [3.63, 3.8) is 0 Å². The first-order valence-corrected chi connectivity index (χ1v) is 7.61. The van der Waals surface area contributed by atoms with Crippen LogP contribution in [-0.2, 0) is 0 Å². The summed E-state index contributed by atoms with van der Waals surface area (Å²) in [5, 5.41) is 10.5. The quantitative estimate of drug-likeness (QED) is 0.774. The molecular formula is C17H19IO. The molecule has 0 saturated carbocycles. The van der Waals surface area contributed by atoms with Gasteiger partial charge in [0.15, 0.2) is 0 Å². The molecule has 0 spiro atoms. The topological polar surface area (TPSA) is 20.2 Å². The number of aliphatic hydroxyl groups excluding tert-OH is 1. The molecule has 0 radical (unpaired) electrons. The van der Waals surface area contributed by atoms with Gasteiger partial charge in [0.1, 0.15) is 6.10 Å². The lowest BCUT2D eigenvalue weighted by Crippen LogP contribution is -2.03. The van der Waals surface area contributed by atoms with Gasteiger partial charge in [-0.15, -0.1) is 0 Å². The van der Waals surface area contributed by atoms with Crippen molar-refractivity contribution in [2.45, 2.75) is 32.8 Å². The van der Waals surface area contributed by atoms with Gasteiger partial charge in [-0.1, -0.05) is 56.3 Å². The van der Waals surface area contributed by atoms with E-state index in [1.165, 1.54) is 11.1 Å². The number of benzene rings is 2. The van der Waals surface area contributed by atoms with Gasteiger partial charge in [0.25, 0.3) is 0 Å². The Labute approximate surface area is 128 Å². The van der Waals surface area contributed by atoms with Crippen molar-refractivity contribution in [3.05, 3.63) is 68.3 Å². The minimum Gasteiger partial charge on any atom is -0.384 e. The van der Waals surface area contributed by atoms with Gasteiger partial charge in [0.2, 0.25) is 0 Å². The lowest BCUT2D eigenvalue weighted by atomic mass is 9.96. The first kappa shape index (κ1) is 14.5. The highest BCUT2D eigenvalue weighted by Crippen LogP contribution is 2.28. The van der Waals surface area contributed by atoms with E-state index in [1.54, 1.807) is 0 Å². The fourth-order valence-corrected chi connectivity index (χ4v) is 2.78. The van der Waals surface area contributed by atoms with Crippen molar-refractivity contribution in [1.29, 1.82) is 0 Å². The maximum atomic E-state index is 10.5. The fraction of sp³-hybridized carbons (Fsp3) is 0.294. The molecule has 1 unspecified atom stereocenters. The third-order valence-corrected chi connectivity index (χ3v) is 4.91. The molecule has 100 valence electrons. The molecule has 0 aliphatic carbocycles. The van der Waals surface area contributed by atoms with Gasteiger partial charge in [-0.25, -0.2) is 0 Å². The van der Waals surface area contributed by atoms with Crippen molar-refractivity contribution in [2.75, 3.05) is 0 Å². The van der Waals surface area contributed by atoms with Crippen LogP contribution in [0.5, 0.6) is 0 Å². The predicted octanol–water partition coefficient (Wildman–Crippen LogP) is 4.80. The molecule has 2 heteroatoms. The highest BCUT2D eigenvalue weighted by atomic mass is 127. The molecule has 0 heterocycles. The zero-order valence-corrected chi connectivity index (χ0v) is 13.7. The molecule has 19 heavy (non-hydrogen) atoms. The second-order valence-corrected chi connectivity index (χ2v) is 6.28. The van der Waals surface area contributed by atoms with E-state index in [4.69, 9.17) is 0 Å². The monoisotopic (exact) mass is 366 g/mol. The molecule has 1 N–H and O–H groups in total. The summed E-state index contributed by atoms with van der Waals surface area (Å²) in [6, 6.07) is 14.3. The van der Waals surface area contributed by atoms with E-state index in [1.807, 2.05) is 24.3 Å². The van der Waals surface area contributed by atoms with Crippen LogP contribution in [0.25, 0.3) is 0 Å². The van der Waals surface area contributed by atoms with Crippen LogP contribution in [0.4, 0.5) is 0 Å². The van der Waals surface area contributed by atoms with Crippen molar-refractivity contribution in [2.24, 2.45) is 0 Å². The predicted molar refractivity (Wildman–Crippen MR) is 88.5 cm³/mol. The second kappa shape index (κ2) is 6.06. The van der Waals surface area contributed by atoms with E-state index in [9.17, 15) is 5.11 Å². The summed E-state index contributed by atoms with van der Waals surface area (Å²) in [5.41, 5.74) is 4.44. The van der Waals surface area contributed by atoms with Crippen molar-refractivity contribution >= 4 is 22.6 Å². The number of aryl methyl sites for hydroxylation is 1. The maximum Gasteiger partial charge on any atom is 0.105 e. The molecule has 0 amide bonds. The SMILES string of the molecule is Cc1cccc(C(O)c2ccc(C(C)C)cc2)c1I. The van der Waals surface area contributed by atoms with Gasteiger partial charge in [-0.05, 0) is 57.7 Å². The maximum absolute atomic E-state index is 10.5. The summed E-state index contributed by atoms with van der Waals surface area (Å²) in [6.07, 6.45) is -0.548. The van der Waals surface area contributed by atoms with Crippen LogP contribution < -0.4 is 0 Å². The zero-order valence-electron chi connectivity index (χ0n) is 11.5. The van der Waals surface area contributed by atoms with Crippen molar-refractivity contribution in [1.82, 2.24) is 0 Å². The number of hydrogen-bond donors (Lipinski definition) is 1. The number of aliphatic hydroxyl groups is 1. The van der Waals surface area contributed by atoms with Crippen molar-refractivity contribution in [3.8, 4) is 0 Å². The van der Waals surface area contributed by atoms with Gasteiger partial charge < -0.3 is 5.11 Å². The van der Waals surface area contributed by atoms with E-state index in [0.717, 1.165) is 14.7 Å². The summed E-state index contributed by atoms with van der Waals surface area (Å²) >= 11 is 2.30. The third-order valence-electron chi connectivity index (χ3n) is 3.44. The molecule has 0 saturated heterocycles. The van der Waals surface area contributed by atoms with Gasteiger partial charge in [0, 0.05) is 3.57 Å². The first-order valence-electron chi connectivity index (χ1n) is 6.53. The number of halogens is 1.